The molecule has 1 aromatic carbocycles. The van der Waals surface area contributed by atoms with Crippen molar-refractivity contribution in [1.82, 2.24) is 10.7 Å². The summed E-state index contributed by atoms with van der Waals surface area (Å²) in [6.07, 6.45) is 1.52. The highest BCUT2D eigenvalue weighted by Gasteiger charge is 2.24. The Morgan fingerprint density at radius 2 is 1.90 bits per heavy atom. The Kier molecular flexibility index (Phi) is 6.22. The van der Waals surface area contributed by atoms with Crippen molar-refractivity contribution in [1.29, 1.82) is 0 Å². The van der Waals surface area contributed by atoms with Gasteiger partial charge in [-0.25, -0.2) is 15.0 Å². The molecule has 0 saturated heterocycles. The third kappa shape index (κ3) is 5.09. The Morgan fingerprint density at radius 3 is 2.45 bits per heavy atom. The largest absolute Gasteiger partial charge is 0.467 e. The third-order valence-corrected chi connectivity index (χ3v) is 2.59. The highest BCUT2D eigenvalue weighted by atomic mass is 16.5. The second-order valence-corrected chi connectivity index (χ2v) is 4.50. The van der Waals surface area contributed by atoms with Crippen molar-refractivity contribution in [3.8, 4) is 0 Å². The maximum atomic E-state index is 11.6. The molecule has 6 nitrogen and oxygen atoms in total. The van der Waals surface area contributed by atoms with E-state index in [1.807, 2.05) is 44.2 Å². The van der Waals surface area contributed by atoms with Gasteiger partial charge in [-0.3, -0.25) is 0 Å². The predicted molar refractivity (Wildman–Crippen MR) is 76.3 cm³/mol. The summed E-state index contributed by atoms with van der Waals surface area (Å²) in [4.78, 5) is 23.1. The van der Waals surface area contributed by atoms with Gasteiger partial charge in [0.05, 0.1) is 13.3 Å². The summed E-state index contributed by atoms with van der Waals surface area (Å²) in [6.45, 7) is 3.63. The van der Waals surface area contributed by atoms with Crippen LogP contribution >= 0.6 is 0 Å². The molecule has 2 amide bonds. The molecule has 0 aliphatic heterocycles. The molecule has 0 fully saturated rings. The minimum Gasteiger partial charge on any atom is -0.467 e. The van der Waals surface area contributed by atoms with Crippen LogP contribution in [0.2, 0.25) is 0 Å². The second kappa shape index (κ2) is 7.93. The van der Waals surface area contributed by atoms with Crippen molar-refractivity contribution in [2.45, 2.75) is 19.9 Å². The van der Waals surface area contributed by atoms with E-state index in [-0.39, 0.29) is 5.92 Å². The molecule has 0 radical (unpaired) electrons. The van der Waals surface area contributed by atoms with Gasteiger partial charge in [-0.1, -0.05) is 44.2 Å². The molecule has 0 heterocycles. The number of benzene rings is 1. The van der Waals surface area contributed by atoms with Crippen LogP contribution < -0.4 is 10.7 Å². The molecule has 1 aromatic rings. The monoisotopic (exact) mass is 277 g/mol. The molecule has 0 aliphatic rings. The zero-order valence-electron chi connectivity index (χ0n) is 11.8. The molecule has 108 valence electrons. The van der Waals surface area contributed by atoms with Crippen LogP contribution in [0.4, 0.5) is 4.79 Å². The zero-order valence-corrected chi connectivity index (χ0v) is 11.8. The van der Waals surface area contributed by atoms with Gasteiger partial charge in [0, 0.05) is 0 Å². The fourth-order valence-corrected chi connectivity index (χ4v) is 1.50. The van der Waals surface area contributed by atoms with E-state index in [0.29, 0.717) is 0 Å². The molecule has 1 rings (SSSR count). The molecule has 20 heavy (non-hydrogen) atoms. The van der Waals surface area contributed by atoms with Gasteiger partial charge < -0.3 is 10.1 Å². The highest BCUT2D eigenvalue weighted by Crippen LogP contribution is 2.03. The van der Waals surface area contributed by atoms with E-state index >= 15 is 0 Å². The molecular formula is C14H19N3O3. The predicted octanol–water partition coefficient (Wildman–Crippen LogP) is 1.52. The van der Waals surface area contributed by atoms with E-state index in [4.69, 9.17) is 0 Å². The van der Waals surface area contributed by atoms with Gasteiger partial charge in [0.2, 0.25) is 0 Å². The van der Waals surface area contributed by atoms with E-state index < -0.39 is 18.0 Å². The van der Waals surface area contributed by atoms with Crippen LogP contribution in [-0.4, -0.2) is 31.4 Å². The Balaban J connectivity index is 2.50. The lowest BCUT2D eigenvalue weighted by Crippen LogP contribution is -2.48. The average Bonchev–Trinajstić information content (AvgIpc) is 2.45. The maximum absolute atomic E-state index is 11.6. The number of carbonyl (C=O) groups is 2. The Labute approximate surface area is 118 Å². The first kappa shape index (κ1) is 15.7. The summed E-state index contributed by atoms with van der Waals surface area (Å²) >= 11 is 0. The van der Waals surface area contributed by atoms with E-state index in [2.05, 4.69) is 20.6 Å². The van der Waals surface area contributed by atoms with Crippen LogP contribution in [0.5, 0.6) is 0 Å². The number of esters is 1. The SMILES string of the molecule is COC(=O)[C@@H](NC(=O)N/N=C/c1ccccc1)C(C)C. The number of hydrogen-bond acceptors (Lipinski definition) is 4. The summed E-state index contributed by atoms with van der Waals surface area (Å²) in [6, 6.07) is 8.08. The molecule has 0 aliphatic carbocycles. The number of amides is 2. The van der Waals surface area contributed by atoms with Crippen LogP contribution in [0.15, 0.2) is 35.4 Å². The van der Waals surface area contributed by atoms with Gasteiger partial charge in [0.25, 0.3) is 0 Å². The van der Waals surface area contributed by atoms with Crippen LogP contribution in [0, 0.1) is 5.92 Å². The van der Waals surface area contributed by atoms with E-state index in [1.54, 1.807) is 0 Å². The maximum Gasteiger partial charge on any atom is 0.335 e. The summed E-state index contributed by atoms with van der Waals surface area (Å²) in [5.74, 6) is -0.562. The molecule has 0 spiro atoms. The minimum atomic E-state index is -0.702. The van der Waals surface area contributed by atoms with Gasteiger partial charge >= 0.3 is 12.0 Å². The number of nitrogens with zero attached hydrogens (tertiary/aromatic N) is 1. The average molecular weight is 277 g/mol. The number of urea groups is 1. The van der Waals surface area contributed by atoms with Crippen molar-refractivity contribution in [2.24, 2.45) is 11.0 Å². The van der Waals surface area contributed by atoms with Crippen LogP contribution in [0.1, 0.15) is 19.4 Å². The van der Waals surface area contributed by atoms with Crippen molar-refractivity contribution >= 4 is 18.2 Å². The first-order valence-electron chi connectivity index (χ1n) is 6.27. The number of nitrogens with one attached hydrogen (secondary N) is 2. The summed E-state index contributed by atoms with van der Waals surface area (Å²) < 4.78 is 4.63. The first-order chi connectivity index (χ1) is 9.54. The topological polar surface area (TPSA) is 79.8 Å². The smallest absolute Gasteiger partial charge is 0.335 e. The third-order valence-electron chi connectivity index (χ3n) is 2.59. The van der Waals surface area contributed by atoms with Crippen LogP contribution in [-0.2, 0) is 9.53 Å². The van der Waals surface area contributed by atoms with Gasteiger partial charge in [0.15, 0.2) is 0 Å². The molecular weight excluding hydrogens is 258 g/mol. The first-order valence-corrected chi connectivity index (χ1v) is 6.27. The quantitative estimate of drug-likeness (QED) is 0.486. The fourth-order valence-electron chi connectivity index (χ4n) is 1.50. The summed E-state index contributed by atoms with van der Waals surface area (Å²) in [5.41, 5.74) is 3.17. The highest BCUT2D eigenvalue weighted by molar-refractivity contribution is 5.85. The number of carbonyl (C=O) groups excluding carboxylic acids is 2. The lowest BCUT2D eigenvalue weighted by Gasteiger charge is -2.19. The molecule has 0 bridgehead atoms. The van der Waals surface area contributed by atoms with Crippen LogP contribution in [0.3, 0.4) is 0 Å². The molecule has 6 heteroatoms. The van der Waals surface area contributed by atoms with Crippen molar-refractivity contribution in [3.63, 3.8) is 0 Å². The molecule has 0 unspecified atom stereocenters. The Morgan fingerprint density at radius 1 is 1.25 bits per heavy atom. The van der Waals surface area contributed by atoms with Gasteiger partial charge in [-0.05, 0) is 11.5 Å². The lowest BCUT2D eigenvalue weighted by atomic mass is 10.1. The molecule has 1 atom stereocenters. The van der Waals surface area contributed by atoms with Crippen LogP contribution in [0.25, 0.3) is 0 Å². The van der Waals surface area contributed by atoms with E-state index in [1.165, 1.54) is 13.3 Å². The van der Waals surface area contributed by atoms with Gasteiger partial charge in [0.1, 0.15) is 6.04 Å². The number of hydrazone groups is 1. The van der Waals surface area contributed by atoms with E-state index in [9.17, 15) is 9.59 Å². The van der Waals surface area contributed by atoms with Crippen molar-refractivity contribution < 1.29 is 14.3 Å². The second-order valence-electron chi connectivity index (χ2n) is 4.50. The van der Waals surface area contributed by atoms with Crippen molar-refractivity contribution in [2.75, 3.05) is 7.11 Å². The standard InChI is InChI=1S/C14H19N3O3/c1-10(2)12(13(18)20-3)16-14(19)17-15-9-11-7-5-4-6-8-11/h4-10,12H,1-3H3,(H2,16,17,19)/b15-9+/t12-/m0/s1. The minimum absolute atomic E-state index is 0.0775. The Hall–Kier alpha value is -2.37. The zero-order chi connectivity index (χ0) is 15.0. The molecule has 0 saturated carbocycles. The lowest BCUT2D eigenvalue weighted by molar-refractivity contribution is -0.143. The normalized spacial score (nSPS) is 12.2. The fraction of sp³-hybridized carbons (Fsp3) is 0.357. The summed E-state index contributed by atoms with van der Waals surface area (Å²) in [7, 11) is 1.28. The van der Waals surface area contributed by atoms with E-state index in [0.717, 1.165) is 5.56 Å². The molecule has 0 aromatic heterocycles. The Bertz CT molecular complexity index is 472. The summed E-state index contributed by atoms with van der Waals surface area (Å²) in [5, 5.41) is 6.32. The number of methoxy groups -OCH3 is 1. The number of rotatable bonds is 5. The number of ether oxygens (including phenoxy) is 1. The molecule has 2 N–H and O–H groups in total. The van der Waals surface area contributed by atoms with Crippen molar-refractivity contribution in [3.05, 3.63) is 35.9 Å². The number of hydrogen-bond donors (Lipinski definition) is 2. The van der Waals surface area contributed by atoms with Gasteiger partial charge in [-0.15, -0.1) is 0 Å². The van der Waals surface area contributed by atoms with Gasteiger partial charge in [-0.2, -0.15) is 5.10 Å².